The number of hydrogen-bond donors (Lipinski definition) is 0. The molecule has 0 N–H and O–H groups in total. The van der Waals surface area contributed by atoms with Gasteiger partial charge in [-0.1, -0.05) is 29.8 Å². The van der Waals surface area contributed by atoms with Crippen molar-refractivity contribution in [1.82, 2.24) is 0 Å². The van der Waals surface area contributed by atoms with Crippen LogP contribution >= 0.6 is 22.9 Å². The van der Waals surface area contributed by atoms with E-state index in [-0.39, 0.29) is 0 Å². The second kappa shape index (κ2) is 5.18. The van der Waals surface area contributed by atoms with Crippen molar-refractivity contribution in [3.63, 3.8) is 0 Å². The molecule has 0 radical (unpaired) electrons. The predicted molar refractivity (Wildman–Crippen MR) is 74.0 cm³/mol. The highest BCUT2D eigenvalue weighted by molar-refractivity contribution is 7.12. The average molecular weight is 260 g/mol. The molecule has 1 heterocycles. The molecule has 0 aliphatic heterocycles. The number of benzene rings is 1. The fourth-order valence-corrected chi connectivity index (χ4v) is 2.58. The zero-order valence-corrected chi connectivity index (χ0v) is 10.8. The molecule has 0 fully saturated rings. The van der Waals surface area contributed by atoms with Crippen molar-refractivity contribution >= 4 is 34.6 Å². The van der Waals surface area contributed by atoms with E-state index in [4.69, 9.17) is 11.6 Å². The van der Waals surface area contributed by atoms with Crippen LogP contribution in [0.5, 0.6) is 0 Å². The van der Waals surface area contributed by atoms with Gasteiger partial charge in [0.05, 0.1) is 11.6 Å². The third-order valence-electron chi connectivity index (χ3n) is 2.33. The molecule has 0 spiro atoms. The van der Waals surface area contributed by atoms with Crippen LogP contribution in [0.25, 0.3) is 11.6 Å². The molecule has 0 aliphatic carbocycles. The molecule has 1 nitrogen and oxygen atoms in total. The van der Waals surface area contributed by atoms with E-state index in [2.05, 4.69) is 6.07 Å². The van der Waals surface area contributed by atoms with Crippen LogP contribution in [-0.2, 0) is 0 Å². The summed E-state index contributed by atoms with van der Waals surface area (Å²) in [5.74, 6) is 0. The maximum atomic E-state index is 9.20. The molecule has 0 saturated heterocycles. The maximum absolute atomic E-state index is 9.20. The fourth-order valence-electron chi connectivity index (χ4n) is 1.52. The Bertz CT molecular complexity index is 605. The first-order valence-electron chi connectivity index (χ1n) is 5.14. The minimum Gasteiger partial charge on any atom is -0.192 e. The first-order chi connectivity index (χ1) is 8.20. The van der Waals surface area contributed by atoms with Gasteiger partial charge >= 0.3 is 0 Å². The van der Waals surface area contributed by atoms with Gasteiger partial charge in [0.2, 0.25) is 0 Å². The van der Waals surface area contributed by atoms with E-state index in [1.807, 2.05) is 43.3 Å². The van der Waals surface area contributed by atoms with Gasteiger partial charge < -0.3 is 0 Å². The molecule has 3 heteroatoms. The molecule has 84 valence electrons. The number of allylic oxidation sites excluding steroid dienone is 1. The van der Waals surface area contributed by atoms with Gasteiger partial charge in [0.25, 0.3) is 0 Å². The molecule has 1 aromatic heterocycles. The van der Waals surface area contributed by atoms with Gasteiger partial charge in [-0.05, 0) is 31.2 Å². The van der Waals surface area contributed by atoms with Gasteiger partial charge in [0, 0.05) is 20.3 Å². The summed E-state index contributed by atoms with van der Waals surface area (Å²) >= 11 is 7.74. The van der Waals surface area contributed by atoms with Crippen molar-refractivity contribution in [3.8, 4) is 6.07 Å². The van der Waals surface area contributed by atoms with Gasteiger partial charge in [-0.15, -0.1) is 11.3 Å². The number of aryl methyl sites for hydroxylation is 1. The quantitative estimate of drug-likeness (QED) is 0.713. The average Bonchev–Trinajstić information content (AvgIpc) is 2.73. The predicted octanol–water partition coefficient (Wildman–Crippen LogP) is 4.77. The zero-order valence-electron chi connectivity index (χ0n) is 9.27. The fraction of sp³-hybridized carbons (Fsp3) is 0.0714. The smallest absolute Gasteiger partial charge is 0.0999 e. The van der Waals surface area contributed by atoms with Crippen molar-refractivity contribution in [1.29, 1.82) is 5.26 Å². The summed E-state index contributed by atoms with van der Waals surface area (Å²) in [4.78, 5) is 2.30. The van der Waals surface area contributed by atoms with E-state index in [0.29, 0.717) is 10.6 Å². The minimum atomic E-state index is 0.595. The molecule has 2 aromatic rings. The lowest BCUT2D eigenvalue weighted by molar-refractivity contribution is 1.52. The van der Waals surface area contributed by atoms with Gasteiger partial charge in [-0.3, -0.25) is 0 Å². The molecule has 0 bridgehead atoms. The zero-order chi connectivity index (χ0) is 12.3. The number of rotatable bonds is 2. The molecular weight excluding hydrogens is 250 g/mol. The van der Waals surface area contributed by atoms with E-state index in [1.165, 1.54) is 4.88 Å². The normalized spacial score (nSPS) is 11.2. The summed E-state index contributed by atoms with van der Waals surface area (Å²) in [6.07, 6.45) is 1.87. The van der Waals surface area contributed by atoms with Crippen molar-refractivity contribution in [2.24, 2.45) is 0 Å². The van der Waals surface area contributed by atoms with Crippen LogP contribution in [-0.4, -0.2) is 0 Å². The van der Waals surface area contributed by atoms with Crippen LogP contribution in [0.3, 0.4) is 0 Å². The van der Waals surface area contributed by atoms with E-state index in [0.717, 1.165) is 10.4 Å². The number of thiophene rings is 1. The molecule has 0 atom stereocenters. The van der Waals surface area contributed by atoms with Crippen molar-refractivity contribution in [2.45, 2.75) is 6.92 Å². The summed E-state index contributed by atoms with van der Waals surface area (Å²) in [6, 6.07) is 13.6. The van der Waals surface area contributed by atoms with Crippen LogP contribution in [0, 0.1) is 18.3 Å². The minimum absolute atomic E-state index is 0.595. The summed E-state index contributed by atoms with van der Waals surface area (Å²) in [5.41, 5.74) is 1.38. The highest BCUT2D eigenvalue weighted by Crippen LogP contribution is 2.27. The van der Waals surface area contributed by atoms with E-state index < -0.39 is 0 Å². The maximum Gasteiger partial charge on any atom is 0.0999 e. The molecule has 17 heavy (non-hydrogen) atoms. The number of halogens is 1. The second-order valence-electron chi connectivity index (χ2n) is 3.60. The van der Waals surface area contributed by atoms with Crippen LogP contribution in [0.4, 0.5) is 0 Å². The van der Waals surface area contributed by atoms with Gasteiger partial charge in [-0.2, -0.15) is 5.26 Å². The van der Waals surface area contributed by atoms with Crippen LogP contribution in [0.2, 0.25) is 5.02 Å². The Morgan fingerprint density at radius 2 is 2.06 bits per heavy atom. The Labute approximate surface area is 110 Å². The Kier molecular flexibility index (Phi) is 3.63. The highest BCUT2D eigenvalue weighted by atomic mass is 35.5. The first kappa shape index (κ1) is 11.9. The largest absolute Gasteiger partial charge is 0.192 e. The Morgan fingerprint density at radius 1 is 1.29 bits per heavy atom. The lowest BCUT2D eigenvalue weighted by atomic mass is 10.1. The third kappa shape index (κ3) is 2.76. The number of nitrogens with zero attached hydrogens (tertiary/aromatic N) is 1. The topological polar surface area (TPSA) is 23.8 Å². The molecule has 0 saturated carbocycles. The molecule has 0 aliphatic rings. The Balaban J connectivity index is 2.45. The SMILES string of the molecule is Cc1ccc(C=C(C#N)c2ccccc2Cl)s1. The van der Waals surface area contributed by atoms with E-state index in [9.17, 15) is 5.26 Å². The van der Waals surface area contributed by atoms with Gasteiger partial charge in [-0.25, -0.2) is 0 Å². The lowest BCUT2D eigenvalue weighted by Crippen LogP contribution is -1.82. The van der Waals surface area contributed by atoms with E-state index >= 15 is 0 Å². The van der Waals surface area contributed by atoms with Crippen LogP contribution in [0.15, 0.2) is 36.4 Å². The molecule has 1 aromatic carbocycles. The van der Waals surface area contributed by atoms with Gasteiger partial charge in [0.1, 0.15) is 0 Å². The second-order valence-corrected chi connectivity index (χ2v) is 5.32. The lowest BCUT2D eigenvalue weighted by Gasteiger charge is -2.00. The van der Waals surface area contributed by atoms with Crippen molar-refractivity contribution in [2.75, 3.05) is 0 Å². The van der Waals surface area contributed by atoms with Crippen LogP contribution < -0.4 is 0 Å². The first-order valence-corrected chi connectivity index (χ1v) is 6.33. The Morgan fingerprint density at radius 3 is 2.65 bits per heavy atom. The number of hydrogen-bond acceptors (Lipinski definition) is 2. The monoisotopic (exact) mass is 259 g/mol. The summed E-state index contributed by atoms with van der Waals surface area (Å²) < 4.78 is 0. The van der Waals surface area contributed by atoms with Gasteiger partial charge in [0.15, 0.2) is 0 Å². The molecule has 0 unspecified atom stereocenters. The summed E-state index contributed by atoms with van der Waals surface area (Å²) in [6.45, 7) is 2.05. The molecule has 0 amide bonds. The van der Waals surface area contributed by atoms with Crippen molar-refractivity contribution in [3.05, 3.63) is 56.7 Å². The summed E-state index contributed by atoms with van der Waals surface area (Å²) in [5, 5.41) is 9.80. The Hall–Kier alpha value is -1.56. The standard InChI is InChI=1S/C14H10ClNS/c1-10-6-7-12(17-10)8-11(9-16)13-4-2-3-5-14(13)15/h2-8H,1H3. The molecular formula is C14H10ClNS. The number of nitriles is 1. The summed E-state index contributed by atoms with van der Waals surface area (Å²) in [7, 11) is 0. The van der Waals surface area contributed by atoms with Crippen molar-refractivity contribution < 1.29 is 0 Å². The highest BCUT2D eigenvalue weighted by Gasteiger charge is 2.05. The van der Waals surface area contributed by atoms with E-state index in [1.54, 1.807) is 17.4 Å². The third-order valence-corrected chi connectivity index (χ3v) is 3.61. The molecule has 2 rings (SSSR count). The van der Waals surface area contributed by atoms with Crippen LogP contribution in [0.1, 0.15) is 15.3 Å².